The summed E-state index contributed by atoms with van der Waals surface area (Å²) in [5.41, 5.74) is 0.873. The van der Waals surface area contributed by atoms with E-state index in [1.54, 1.807) is 13.8 Å². The summed E-state index contributed by atoms with van der Waals surface area (Å²) in [6, 6.07) is 0. The molecule has 0 aliphatic rings. The van der Waals surface area contributed by atoms with Crippen LogP contribution in [0.2, 0.25) is 0 Å². The molecule has 0 fully saturated rings. The largest absolute Gasteiger partial charge is 0.462 e. The summed E-state index contributed by atoms with van der Waals surface area (Å²) in [5.74, 6) is 0.0501. The van der Waals surface area contributed by atoms with E-state index in [0.29, 0.717) is 30.2 Å². The maximum Gasteiger partial charge on any atom is 0.343 e. The Bertz CT molecular complexity index is 332. The third kappa shape index (κ3) is 2.79. The smallest absolute Gasteiger partial charge is 0.343 e. The van der Waals surface area contributed by atoms with Crippen LogP contribution in [0.1, 0.15) is 35.7 Å². The lowest BCUT2D eigenvalue weighted by atomic mass is 10.2. The van der Waals surface area contributed by atoms with Gasteiger partial charge in [-0.3, -0.25) is 0 Å². The van der Waals surface area contributed by atoms with Crippen molar-refractivity contribution in [2.45, 2.75) is 27.4 Å². The highest BCUT2D eigenvalue weighted by Crippen LogP contribution is 2.15. The molecule has 1 aromatic heterocycles. The van der Waals surface area contributed by atoms with Crippen LogP contribution in [0.4, 0.5) is 0 Å². The van der Waals surface area contributed by atoms with E-state index in [4.69, 9.17) is 14.0 Å². The Morgan fingerprint density at radius 2 is 2.13 bits per heavy atom. The minimum absolute atomic E-state index is 0.266. The summed E-state index contributed by atoms with van der Waals surface area (Å²) >= 11 is 0. The molecule has 1 aromatic rings. The zero-order valence-electron chi connectivity index (χ0n) is 9.20. The van der Waals surface area contributed by atoms with Crippen LogP contribution in [0.5, 0.6) is 0 Å². The van der Waals surface area contributed by atoms with Crippen LogP contribution < -0.4 is 0 Å². The van der Waals surface area contributed by atoms with Crippen molar-refractivity contribution in [2.24, 2.45) is 0 Å². The standard InChI is InChI=1S/C10H15NO4/c1-4-13-6-8-9(7(3)15-11-8)10(12)14-5-2/h4-6H2,1-3H3. The molecule has 5 heteroatoms. The van der Waals surface area contributed by atoms with Gasteiger partial charge in [-0.1, -0.05) is 5.16 Å². The molecule has 0 aliphatic carbocycles. The number of esters is 1. The van der Waals surface area contributed by atoms with Crippen LogP contribution in [0.15, 0.2) is 4.52 Å². The van der Waals surface area contributed by atoms with Gasteiger partial charge < -0.3 is 14.0 Å². The fourth-order valence-electron chi connectivity index (χ4n) is 1.18. The van der Waals surface area contributed by atoms with Gasteiger partial charge in [0.2, 0.25) is 0 Å². The molecule has 1 heterocycles. The van der Waals surface area contributed by atoms with Gasteiger partial charge in [0.1, 0.15) is 17.0 Å². The first-order valence-corrected chi connectivity index (χ1v) is 4.90. The van der Waals surface area contributed by atoms with E-state index in [-0.39, 0.29) is 6.61 Å². The summed E-state index contributed by atoms with van der Waals surface area (Å²) in [6.07, 6.45) is 0. The third-order valence-corrected chi connectivity index (χ3v) is 1.86. The molecule has 0 bridgehead atoms. The van der Waals surface area contributed by atoms with Crippen LogP contribution in [-0.2, 0) is 16.1 Å². The van der Waals surface area contributed by atoms with Crippen LogP contribution in [0, 0.1) is 6.92 Å². The average molecular weight is 213 g/mol. The number of hydrogen-bond donors (Lipinski definition) is 0. The minimum atomic E-state index is -0.411. The van der Waals surface area contributed by atoms with Crippen LogP contribution in [-0.4, -0.2) is 24.3 Å². The first-order valence-electron chi connectivity index (χ1n) is 4.90. The fourth-order valence-corrected chi connectivity index (χ4v) is 1.18. The number of carbonyl (C=O) groups excluding carboxylic acids is 1. The van der Waals surface area contributed by atoms with E-state index in [1.807, 2.05) is 6.92 Å². The van der Waals surface area contributed by atoms with E-state index in [1.165, 1.54) is 0 Å². The summed E-state index contributed by atoms with van der Waals surface area (Å²) in [6.45, 7) is 6.46. The summed E-state index contributed by atoms with van der Waals surface area (Å²) in [7, 11) is 0. The van der Waals surface area contributed by atoms with Crippen molar-refractivity contribution >= 4 is 5.97 Å². The van der Waals surface area contributed by atoms with Crippen molar-refractivity contribution in [3.63, 3.8) is 0 Å². The maximum atomic E-state index is 11.5. The van der Waals surface area contributed by atoms with E-state index in [2.05, 4.69) is 5.16 Å². The van der Waals surface area contributed by atoms with Gasteiger partial charge in [0.15, 0.2) is 0 Å². The molecule has 15 heavy (non-hydrogen) atoms. The Hall–Kier alpha value is -1.36. The summed E-state index contributed by atoms with van der Waals surface area (Å²) in [4.78, 5) is 11.5. The number of rotatable bonds is 5. The Labute approximate surface area is 88.3 Å². The van der Waals surface area contributed by atoms with E-state index < -0.39 is 5.97 Å². The second kappa shape index (κ2) is 5.50. The predicted molar refractivity (Wildman–Crippen MR) is 52.5 cm³/mol. The van der Waals surface area contributed by atoms with Gasteiger partial charge in [0.25, 0.3) is 0 Å². The molecule has 0 spiro atoms. The highest BCUT2D eigenvalue weighted by atomic mass is 16.5. The average Bonchev–Trinajstić information content (AvgIpc) is 2.57. The first kappa shape index (κ1) is 11.7. The van der Waals surface area contributed by atoms with Gasteiger partial charge in [0, 0.05) is 6.61 Å². The van der Waals surface area contributed by atoms with Crippen molar-refractivity contribution in [2.75, 3.05) is 13.2 Å². The molecule has 0 unspecified atom stereocenters. The molecule has 1 rings (SSSR count). The number of hydrogen-bond acceptors (Lipinski definition) is 5. The quantitative estimate of drug-likeness (QED) is 0.696. The maximum absolute atomic E-state index is 11.5. The molecular weight excluding hydrogens is 198 g/mol. The van der Waals surface area contributed by atoms with Crippen molar-refractivity contribution in [1.82, 2.24) is 5.16 Å². The van der Waals surface area contributed by atoms with E-state index in [9.17, 15) is 4.79 Å². The molecule has 0 atom stereocenters. The van der Waals surface area contributed by atoms with Gasteiger partial charge in [-0.25, -0.2) is 4.79 Å². The van der Waals surface area contributed by atoms with Gasteiger partial charge in [-0.2, -0.15) is 0 Å². The van der Waals surface area contributed by atoms with Gasteiger partial charge in [-0.15, -0.1) is 0 Å². The second-order valence-electron chi connectivity index (χ2n) is 2.92. The fraction of sp³-hybridized carbons (Fsp3) is 0.600. The number of ether oxygens (including phenoxy) is 2. The van der Waals surface area contributed by atoms with Gasteiger partial charge in [0.05, 0.1) is 13.2 Å². The lowest BCUT2D eigenvalue weighted by Gasteiger charge is -2.02. The normalized spacial score (nSPS) is 10.3. The monoisotopic (exact) mass is 213 g/mol. The topological polar surface area (TPSA) is 61.6 Å². The van der Waals surface area contributed by atoms with Crippen molar-refractivity contribution in [3.8, 4) is 0 Å². The molecule has 0 amide bonds. The molecule has 0 saturated carbocycles. The minimum Gasteiger partial charge on any atom is -0.462 e. The lowest BCUT2D eigenvalue weighted by molar-refractivity contribution is 0.0518. The van der Waals surface area contributed by atoms with Crippen molar-refractivity contribution < 1.29 is 18.8 Å². The van der Waals surface area contributed by atoms with Crippen LogP contribution in [0.3, 0.4) is 0 Å². The highest BCUT2D eigenvalue weighted by molar-refractivity contribution is 5.91. The Kier molecular flexibility index (Phi) is 4.30. The molecule has 0 radical (unpaired) electrons. The van der Waals surface area contributed by atoms with Crippen molar-refractivity contribution in [1.29, 1.82) is 0 Å². The molecule has 84 valence electrons. The molecule has 0 aliphatic heterocycles. The lowest BCUT2D eigenvalue weighted by Crippen LogP contribution is -2.09. The Balaban J connectivity index is 2.83. The first-order chi connectivity index (χ1) is 7.20. The van der Waals surface area contributed by atoms with Crippen LogP contribution in [0.25, 0.3) is 0 Å². The zero-order chi connectivity index (χ0) is 11.3. The molecule has 0 saturated heterocycles. The van der Waals surface area contributed by atoms with Gasteiger partial charge in [-0.05, 0) is 20.8 Å². The molecular formula is C10H15NO4. The Morgan fingerprint density at radius 1 is 1.40 bits per heavy atom. The number of aromatic nitrogens is 1. The summed E-state index contributed by atoms with van der Waals surface area (Å²) < 4.78 is 15.0. The number of carbonyl (C=O) groups is 1. The van der Waals surface area contributed by atoms with Gasteiger partial charge >= 0.3 is 5.97 Å². The van der Waals surface area contributed by atoms with E-state index >= 15 is 0 Å². The summed E-state index contributed by atoms with van der Waals surface area (Å²) in [5, 5.41) is 3.76. The number of nitrogens with zero attached hydrogens (tertiary/aromatic N) is 1. The Morgan fingerprint density at radius 3 is 2.73 bits per heavy atom. The second-order valence-corrected chi connectivity index (χ2v) is 2.92. The van der Waals surface area contributed by atoms with Crippen LogP contribution >= 0.6 is 0 Å². The molecule has 0 aromatic carbocycles. The third-order valence-electron chi connectivity index (χ3n) is 1.86. The molecule has 5 nitrogen and oxygen atoms in total. The number of aryl methyl sites for hydroxylation is 1. The highest BCUT2D eigenvalue weighted by Gasteiger charge is 2.21. The van der Waals surface area contributed by atoms with Crippen molar-refractivity contribution in [3.05, 3.63) is 17.0 Å². The SMILES string of the molecule is CCOCc1noc(C)c1C(=O)OCC. The molecule has 0 N–H and O–H groups in total. The zero-order valence-corrected chi connectivity index (χ0v) is 9.20. The predicted octanol–water partition coefficient (Wildman–Crippen LogP) is 1.70. The van der Waals surface area contributed by atoms with E-state index in [0.717, 1.165) is 0 Å².